The Kier molecular flexibility index (Phi) is 5.74. The number of hydrogen-bond acceptors (Lipinski definition) is 5. The summed E-state index contributed by atoms with van der Waals surface area (Å²) in [7, 11) is 0. The molecule has 0 radical (unpaired) electrons. The predicted molar refractivity (Wildman–Crippen MR) is 117 cm³/mol. The maximum absolute atomic E-state index is 13.0. The van der Waals surface area contributed by atoms with E-state index >= 15 is 0 Å². The van der Waals surface area contributed by atoms with Gasteiger partial charge in [0, 0.05) is 10.9 Å². The molecule has 0 amide bonds. The van der Waals surface area contributed by atoms with Crippen molar-refractivity contribution in [1.82, 2.24) is 9.55 Å². The number of hydrogen-bond donors (Lipinski definition) is 1. The lowest BCUT2D eigenvalue weighted by molar-refractivity contribution is 0.0915. The number of rotatable bonds is 7. The van der Waals surface area contributed by atoms with E-state index in [1.54, 1.807) is 0 Å². The first kappa shape index (κ1) is 19.4. The lowest BCUT2D eigenvalue weighted by Gasteiger charge is -2.14. The van der Waals surface area contributed by atoms with E-state index < -0.39 is 6.10 Å². The summed E-state index contributed by atoms with van der Waals surface area (Å²) >= 11 is 1.45. The van der Waals surface area contributed by atoms with Crippen molar-refractivity contribution in [3.63, 3.8) is 0 Å². The standard InChI is InChI=1S/C23H22N2O3S/c1-2-16-8-10-19(11-9-16)28-13-18(26)12-25-15-24-22-21(23(25)27)20(14-29-22)17-6-4-3-5-7-17/h3-11,14-15,18,26H,2,12-13H2,1H3. The van der Waals surface area contributed by atoms with Crippen LogP contribution >= 0.6 is 11.3 Å². The quantitative estimate of drug-likeness (QED) is 0.501. The van der Waals surface area contributed by atoms with E-state index in [0.29, 0.717) is 16.0 Å². The Morgan fingerprint density at radius 3 is 2.62 bits per heavy atom. The molecule has 0 saturated heterocycles. The SMILES string of the molecule is CCc1ccc(OCC(O)Cn2cnc3scc(-c4ccccc4)c3c2=O)cc1. The molecule has 0 spiro atoms. The first-order chi connectivity index (χ1) is 14.2. The Labute approximate surface area is 172 Å². The van der Waals surface area contributed by atoms with Gasteiger partial charge in [-0.05, 0) is 29.7 Å². The average molecular weight is 407 g/mol. The van der Waals surface area contributed by atoms with Gasteiger partial charge < -0.3 is 9.84 Å². The molecule has 29 heavy (non-hydrogen) atoms. The van der Waals surface area contributed by atoms with E-state index in [9.17, 15) is 9.90 Å². The minimum atomic E-state index is -0.823. The predicted octanol–water partition coefficient (Wildman–Crippen LogP) is 4.13. The van der Waals surface area contributed by atoms with Crippen LogP contribution in [-0.2, 0) is 13.0 Å². The zero-order valence-electron chi connectivity index (χ0n) is 16.1. The largest absolute Gasteiger partial charge is 0.491 e. The molecular weight excluding hydrogens is 384 g/mol. The normalized spacial score (nSPS) is 12.2. The monoisotopic (exact) mass is 406 g/mol. The van der Waals surface area contributed by atoms with Crippen LogP contribution in [0.25, 0.3) is 21.3 Å². The molecule has 6 heteroatoms. The number of benzene rings is 2. The molecule has 5 nitrogen and oxygen atoms in total. The van der Waals surface area contributed by atoms with E-state index in [2.05, 4.69) is 11.9 Å². The Morgan fingerprint density at radius 2 is 1.90 bits per heavy atom. The van der Waals surface area contributed by atoms with Crippen molar-refractivity contribution in [1.29, 1.82) is 0 Å². The summed E-state index contributed by atoms with van der Waals surface area (Å²) in [5.74, 6) is 0.700. The van der Waals surface area contributed by atoms with Crippen LogP contribution in [0.3, 0.4) is 0 Å². The molecule has 0 saturated carbocycles. The topological polar surface area (TPSA) is 64.3 Å². The summed E-state index contributed by atoms with van der Waals surface area (Å²) in [4.78, 5) is 18.2. The minimum absolute atomic E-state index is 0.102. The summed E-state index contributed by atoms with van der Waals surface area (Å²) in [6.07, 6.45) is 1.64. The van der Waals surface area contributed by atoms with E-state index in [4.69, 9.17) is 4.74 Å². The van der Waals surface area contributed by atoms with Crippen molar-refractivity contribution in [2.24, 2.45) is 0 Å². The van der Waals surface area contributed by atoms with Gasteiger partial charge >= 0.3 is 0 Å². The highest BCUT2D eigenvalue weighted by Crippen LogP contribution is 2.30. The molecule has 1 unspecified atom stereocenters. The van der Waals surface area contributed by atoms with Crippen molar-refractivity contribution in [3.8, 4) is 16.9 Å². The Morgan fingerprint density at radius 1 is 1.14 bits per heavy atom. The number of thiophene rings is 1. The van der Waals surface area contributed by atoms with Crippen molar-refractivity contribution in [2.45, 2.75) is 26.0 Å². The third-order valence-corrected chi connectivity index (χ3v) is 5.71. The van der Waals surface area contributed by atoms with Crippen molar-refractivity contribution in [2.75, 3.05) is 6.61 Å². The van der Waals surface area contributed by atoms with Gasteiger partial charge in [0.2, 0.25) is 0 Å². The number of aromatic nitrogens is 2. The molecule has 0 aliphatic heterocycles. The van der Waals surface area contributed by atoms with E-state index in [0.717, 1.165) is 17.5 Å². The van der Waals surface area contributed by atoms with Gasteiger partial charge in [-0.25, -0.2) is 4.98 Å². The van der Waals surface area contributed by atoms with Gasteiger partial charge in [-0.15, -0.1) is 11.3 Å². The van der Waals surface area contributed by atoms with E-state index in [-0.39, 0.29) is 18.7 Å². The minimum Gasteiger partial charge on any atom is -0.491 e. The van der Waals surface area contributed by atoms with Gasteiger partial charge in [-0.3, -0.25) is 9.36 Å². The van der Waals surface area contributed by atoms with E-state index in [1.165, 1.54) is 27.8 Å². The number of aliphatic hydroxyl groups excluding tert-OH is 1. The molecule has 4 aromatic rings. The van der Waals surface area contributed by atoms with Crippen molar-refractivity contribution < 1.29 is 9.84 Å². The average Bonchev–Trinajstić information content (AvgIpc) is 3.20. The fourth-order valence-electron chi connectivity index (χ4n) is 3.22. The van der Waals surface area contributed by atoms with Crippen LogP contribution in [0.5, 0.6) is 5.75 Å². The molecule has 1 N–H and O–H groups in total. The molecule has 4 rings (SSSR count). The van der Waals surface area contributed by atoms with Crippen LogP contribution in [0.4, 0.5) is 0 Å². The third kappa shape index (κ3) is 4.23. The van der Waals surface area contributed by atoms with Gasteiger partial charge in [0.25, 0.3) is 5.56 Å². The van der Waals surface area contributed by atoms with E-state index in [1.807, 2.05) is 60.0 Å². The lowest BCUT2D eigenvalue weighted by Crippen LogP contribution is -2.30. The van der Waals surface area contributed by atoms with Crippen LogP contribution in [0.15, 0.2) is 71.1 Å². The van der Waals surface area contributed by atoms with Gasteiger partial charge in [-0.2, -0.15) is 0 Å². The summed E-state index contributed by atoms with van der Waals surface area (Å²) in [6.45, 7) is 2.32. The Hall–Kier alpha value is -2.96. The number of aliphatic hydroxyl groups is 1. The van der Waals surface area contributed by atoms with Gasteiger partial charge in [0.05, 0.1) is 18.3 Å². The first-order valence-electron chi connectivity index (χ1n) is 9.57. The number of aryl methyl sites for hydroxylation is 1. The molecule has 2 aromatic carbocycles. The second kappa shape index (κ2) is 8.59. The third-order valence-electron chi connectivity index (χ3n) is 4.83. The fraction of sp³-hybridized carbons (Fsp3) is 0.217. The number of nitrogens with zero attached hydrogens (tertiary/aromatic N) is 2. The van der Waals surface area contributed by atoms with Crippen molar-refractivity contribution in [3.05, 3.63) is 82.2 Å². The van der Waals surface area contributed by atoms with Crippen LogP contribution in [-0.4, -0.2) is 27.4 Å². The lowest BCUT2D eigenvalue weighted by atomic mass is 10.1. The second-order valence-corrected chi connectivity index (χ2v) is 7.72. The smallest absolute Gasteiger partial charge is 0.262 e. The number of ether oxygens (including phenoxy) is 1. The van der Waals surface area contributed by atoms with Crippen LogP contribution in [0, 0.1) is 0 Å². The summed E-state index contributed by atoms with van der Waals surface area (Å²) in [6, 6.07) is 17.6. The molecule has 1 atom stereocenters. The summed E-state index contributed by atoms with van der Waals surface area (Å²) in [5.41, 5.74) is 2.93. The molecular formula is C23H22N2O3S. The highest BCUT2D eigenvalue weighted by molar-refractivity contribution is 7.17. The van der Waals surface area contributed by atoms with Crippen LogP contribution in [0.2, 0.25) is 0 Å². The molecule has 0 aliphatic carbocycles. The molecule has 2 aromatic heterocycles. The Bertz CT molecular complexity index is 1150. The zero-order chi connectivity index (χ0) is 20.2. The first-order valence-corrected chi connectivity index (χ1v) is 10.5. The Balaban J connectivity index is 1.51. The molecule has 148 valence electrons. The summed E-state index contributed by atoms with van der Waals surface area (Å²) < 4.78 is 7.12. The molecule has 0 bridgehead atoms. The summed E-state index contributed by atoms with van der Waals surface area (Å²) in [5, 5.41) is 12.9. The van der Waals surface area contributed by atoms with Gasteiger partial charge in [-0.1, -0.05) is 49.4 Å². The highest BCUT2D eigenvalue weighted by atomic mass is 32.1. The van der Waals surface area contributed by atoms with Crippen LogP contribution in [0.1, 0.15) is 12.5 Å². The van der Waals surface area contributed by atoms with Gasteiger partial charge in [0.15, 0.2) is 0 Å². The highest BCUT2D eigenvalue weighted by Gasteiger charge is 2.15. The fourth-order valence-corrected chi connectivity index (χ4v) is 4.13. The maximum atomic E-state index is 13.0. The molecule has 0 aliphatic rings. The molecule has 2 heterocycles. The number of fused-ring (bicyclic) bond motifs is 1. The van der Waals surface area contributed by atoms with Crippen molar-refractivity contribution >= 4 is 21.6 Å². The second-order valence-electron chi connectivity index (χ2n) is 6.86. The van der Waals surface area contributed by atoms with Gasteiger partial charge in [0.1, 0.15) is 23.3 Å². The molecule has 0 fully saturated rings. The zero-order valence-corrected chi connectivity index (χ0v) is 16.9. The van der Waals surface area contributed by atoms with Crippen LogP contribution < -0.4 is 10.3 Å². The maximum Gasteiger partial charge on any atom is 0.262 e.